The Morgan fingerprint density at radius 3 is 2.56 bits per heavy atom. The fraction of sp³-hybridized carbons (Fsp3) is 0.640. The molecule has 2 amide bonds. The van der Waals surface area contributed by atoms with Gasteiger partial charge in [-0.15, -0.1) is 6.58 Å². The summed E-state index contributed by atoms with van der Waals surface area (Å²) < 4.78 is 12.9. The van der Waals surface area contributed by atoms with E-state index in [1.807, 2.05) is 6.08 Å². The summed E-state index contributed by atoms with van der Waals surface area (Å²) in [6, 6.07) is 2.15. The Labute approximate surface area is 217 Å². The van der Waals surface area contributed by atoms with Crippen LogP contribution in [-0.2, 0) is 9.59 Å². The number of halogens is 2. The van der Waals surface area contributed by atoms with Crippen LogP contribution in [0.1, 0.15) is 32.1 Å². The van der Waals surface area contributed by atoms with Crippen molar-refractivity contribution in [2.75, 3.05) is 32.7 Å². The van der Waals surface area contributed by atoms with Crippen LogP contribution in [0.4, 0.5) is 4.39 Å². The van der Waals surface area contributed by atoms with Gasteiger partial charge in [0.1, 0.15) is 5.41 Å². The van der Waals surface area contributed by atoms with Crippen LogP contribution in [0.3, 0.4) is 0 Å². The summed E-state index contributed by atoms with van der Waals surface area (Å²) in [5.74, 6) is 0.0797. The molecule has 2 aliphatic carbocycles. The Kier molecular flexibility index (Phi) is 9.66. The van der Waals surface area contributed by atoms with E-state index >= 15 is 0 Å². The average molecular weight is 522 g/mol. The smallest absolute Gasteiger partial charge is 0.261 e. The lowest BCUT2D eigenvalue weighted by Gasteiger charge is -2.42. The number of rotatable bonds is 9. The number of nitriles is 1. The monoisotopic (exact) mass is 521 g/mol. The van der Waals surface area contributed by atoms with Gasteiger partial charge in [0.05, 0.1) is 18.4 Å². The predicted octanol–water partition coefficient (Wildman–Crippen LogP) is 1.21. The van der Waals surface area contributed by atoms with Crippen molar-refractivity contribution in [2.24, 2.45) is 23.0 Å². The van der Waals surface area contributed by atoms with E-state index in [9.17, 15) is 14.0 Å². The number of nitrogens with two attached hydrogens (primary N) is 1. The number of alkyl halides is 1. The third kappa shape index (κ3) is 7.37. The molecule has 36 heavy (non-hydrogen) atoms. The predicted molar refractivity (Wildman–Crippen MR) is 137 cm³/mol. The first kappa shape index (κ1) is 28.3. The Morgan fingerprint density at radius 1 is 1.31 bits per heavy atom. The van der Waals surface area contributed by atoms with E-state index in [4.69, 9.17) is 22.6 Å². The van der Waals surface area contributed by atoms with Gasteiger partial charge in [-0.25, -0.2) is 4.39 Å². The SMILES string of the molecule is C=C(Cl)/C=C/NC(=O)C1(F)CC1.C=CC1NCC(CNC(=O)C2(C#N)CC2)C(N2CCC(CN)C2)N1. The highest BCUT2D eigenvalue weighted by Crippen LogP contribution is 2.45. The van der Waals surface area contributed by atoms with E-state index in [2.05, 4.69) is 45.4 Å². The van der Waals surface area contributed by atoms with Gasteiger partial charge in [-0.3, -0.25) is 25.1 Å². The number of nitrogens with one attached hydrogen (secondary N) is 4. The first-order chi connectivity index (χ1) is 17.2. The van der Waals surface area contributed by atoms with Gasteiger partial charge >= 0.3 is 0 Å². The molecule has 4 rings (SSSR count). The van der Waals surface area contributed by atoms with Crippen LogP contribution in [0.2, 0.25) is 0 Å². The fourth-order valence-electron chi connectivity index (χ4n) is 4.40. The van der Waals surface area contributed by atoms with Crippen molar-refractivity contribution in [3.63, 3.8) is 0 Å². The lowest BCUT2D eigenvalue weighted by Crippen LogP contribution is -2.65. The molecule has 198 valence electrons. The lowest BCUT2D eigenvalue weighted by atomic mass is 10.00. The van der Waals surface area contributed by atoms with Gasteiger partial charge in [-0.1, -0.05) is 24.3 Å². The van der Waals surface area contributed by atoms with E-state index in [0.717, 1.165) is 32.6 Å². The van der Waals surface area contributed by atoms with Crippen molar-refractivity contribution in [2.45, 2.75) is 50.1 Å². The summed E-state index contributed by atoms with van der Waals surface area (Å²) >= 11 is 5.36. The molecule has 4 unspecified atom stereocenters. The first-order valence-corrected chi connectivity index (χ1v) is 12.8. The van der Waals surface area contributed by atoms with E-state index in [1.54, 1.807) is 0 Å². The van der Waals surface area contributed by atoms with E-state index < -0.39 is 17.0 Å². The second-order valence-electron chi connectivity index (χ2n) is 10.0. The number of hydrogen-bond donors (Lipinski definition) is 5. The molecule has 4 fully saturated rings. The minimum atomic E-state index is -1.63. The minimum absolute atomic E-state index is 0.0766. The van der Waals surface area contributed by atoms with Crippen LogP contribution in [0, 0.1) is 28.6 Å². The zero-order valence-electron chi connectivity index (χ0n) is 20.6. The summed E-state index contributed by atoms with van der Waals surface area (Å²) in [5.41, 5.74) is 3.44. The van der Waals surface area contributed by atoms with Gasteiger partial charge < -0.3 is 16.4 Å². The maximum absolute atomic E-state index is 12.9. The highest BCUT2D eigenvalue weighted by atomic mass is 35.5. The summed E-state index contributed by atoms with van der Waals surface area (Å²) in [6.07, 6.45) is 7.93. The maximum Gasteiger partial charge on any atom is 0.261 e. The van der Waals surface area contributed by atoms with Crippen LogP contribution >= 0.6 is 11.6 Å². The standard InChI is InChI=1S/C17H28N6O.C8H9ClFNO/c1-2-14-20-8-13(9-21-16(24)17(11-19)4-5-17)15(22-14)23-6-3-12(7-18)10-23;1-6(9)2-5-11-7(12)8(10)3-4-8/h2,12-15,20,22H,1,3-10,18H2,(H,21,24);2,5H,1,3-4H2,(H,11,12)/b;5-2+. The van der Waals surface area contributed by atoms with Gasteiger partial charge in [0, 0.05) is 43.3 Å². The molecule has 4 atom stereocenters. The zero-order valence-corrected chi connectivity index (χ0v) is 21.3. The van der Waals surface area contributed by atoms with Gasteiger partial charge in [0.2, 0.25) is 5.91 Å². The van der Waals surface area contributed by atoms with Crippen molar-refractivity contribution in [3.8, 4) is 6.07 Å². The number of carbonyl (C=O) groups is 2. The van der Waals surface area contributed by atoms with Crippen molar-refractivity contribution >= 4 is 23.4 Å². The lowest BCUT2D eigenvalue weighted by molar-refractivity contribution is -0.126. The number of carbonyl (C=O) groups excluding carboxylic acids is 2. The molecule has 0 aromatic carbocycles. The Bertz CT molecular complexity index is 913. The molecule has 0 aromatic heterocycles. The molecular weight excluding hydrogens is 485 g/mol. The van der Waals surface area contributed by atoms with E-state index in [1.165, 1.54) is 12.3 Å². The normalized spacial score (nSPS) is 29.8. The molecule has 9 nitrogen and oxygen atoms in total. The maximum atomic E-state index is 12.9. The number of likely N-dealkylation sites (tertiary alicyclic amines) is 1. The molecule has 2 saturated heterocycles. The van der Waals surface area contributed by atoms with Gasteiger partial charge in [0.15, 0.2) is 5.67 Å². The molecular formula is C25H37ClFN7O2. The summed E-state index contributed by atoms with van der Waals surface area (Å²) in [5, 5.41) is 21.7. The zero-order chi connectivity index (χ0) is 26.3. The summed E-state index contributed by atoms with van der Waals surface area (Å²) in [4.78, 5) is 25.6. The van der Waals surface area contributed by atoms with Crippen molar-refractivity contribution in [1.82, 2.24) is 26.2 Å². The van der Waals surface area contributed by atoms with Crippen LogP contribution in [-0.4, -0.2) is 67.4 Å². The van der Waals surface area contributed by atoms with Crippen molar-refractivity contribution < 1.29 is 14.0 Å². The van der Waals surface area contributed by atoms with Gasteiger partial charge in [0.25, 0.3) is 5.91 Å². The Balaban J connectivity index is 0.000000253. The molecule has 0 spiro atoms. The molecule has 11 heteroatoms. The highest BCUT2D eigenvalue weighted by molar-refractivity contribution is 6.30. The number of nitrogens with zero attached hydrogens (tertiary/aromatic N) is 2. The molecule has 2 saturated carbocycles. The van der Waals surface area contributed by atoms with Crippen LogP contribution in [0.5, 0.6) is 0 Å². The number of hydrogen-bond acceptors (Lipinski definition) is 7. The number of allylic oxidation sites excluding steroid dienone is 2. The quantitative estimate of drug-likeness (QED) is 0.227. The molecule has 6 N–H and O–H groups in total. The molecule has 0 bridgehead atoms. The molecule has 0 radical (unpaired) electrons. The fourth-order valence-corrected chi connectivity index (χ4v) is 4.46. The van der Waals surface area contributed by atoms with Crippen molar-refractivity contribution in [3.05, 3.63) is 36.5 Å². The topological polar surface area (TPSA) is 135 Å². The minimum Gasteiger partial charge on any atom is -0.354 e. The number of amides is 2. The second kappa shape index (κ2) is 12.3. The largest absolute Gasteiger partial charge is 0.354 e. The van der Waals surface area contributed by atoms with Gasteiger partial charge in [-0.05, 0) is 50.6 Å². The highest BCUT2D eigenvalue weighted by Gasteiger charge is 2.51. The summed E-state index contributed by atoms with van der Waals surface area (Å²) in [6.45, 7) is 11.3. The molecule has 2 heterocycles. The molecule has 2 aliphatic heterocycles. The Morgan fingerprint density at radius 2 is 2.03 bits per heavy atom. The Hall–Kier alpha value is -2.29. The second-order valence-corrected chi connectivity index (χ2v) is 10.5. The summed E-state index contributed by atoms with van der Waals surface area (Å²) in [7, 11) is 0. The van der Waals surface area contributed by atoms with Crippen LogP contribution in [0.15, 0.2) is 36.5 Å². The van der Waals surface area contributed by atoms with E-state index in [-0.39, 0.29) is 24.2 Å². The average Bonchev–Trinajstić information content (AvgIpc) is 3.79. The molecule has 4 aliphatic rings. The third-order valence-corrected chi connectivity index (χ3v) is 7.30. The van der Waals surface area contributed by atoms with Crippen LogP contribution < -0.4 is 27.0 Å². The van der Waals surface area contributed by atoms with E-state index in [0.29, 0.717) is 43.2 Å². The third-order valence-electron chi connectivity index (χ3n) is 7.17. The van der Waals surface area contributed by atoms with Crippen molar-refractivity contribution in [1.29, 1.82) is 5.26 Å². The van der Waals surface area contributed by atoms with Crippen LogP contribution in [0.25, 0.3) is 0 Å². The molecule has 0 aromatic rings. The van der Waals surface area contributed by atoms with Gasteiger partial charge in [-0.2, -0.15) is 5.26 Å². The first-order valence-electron chi connectivity index (χ1n) is 12.4.